The maximum absolute atomic E-state index is 11.7. The van der Waals surface area contributed by atoms with Gasteiger partial charge in [0.2, 0.25) is 0 Å². The van der Waals surface area contributed by atoms with Gasteiger partial charge in [0.25, 0.3) is 0 Å². The summed E-state index contributed by atoms with van der Waals surface area (Å²) < 4.78 is 11.6. The zero-order valence-corrected chi connectivity index (χ0v) is 13.9. The SMILES string of the molecule is COc1cc(C2(C(=O)O)CCC2)ccc1OC1CCN(C)CC1. The molecule has 0 aromatic heterocycles. The van der Waals surface area contributed by atoms with Crippen molar-refractivity contribution < 1.29 is 19.4 Å². The Bertz CT molecular complexity index is 574. The van der Waals surface area contributed by atoms with Crippen molar-refractivity contribution in [1.29, 1.82) is 0 Å². The molecule has 2 fully saturated rings. The van der Waals surface area contributed by atoms with Crippen LogP contribution in [0.2, 0.25) is 0 Å². The molecule has 1 saturated heterocycles. The van der Waals surface area contributed by atoms with Crippen molar-refractivity contribution in [3.8, 4) is 11.5 Å². The van der Waals surface area contributed by atoms with Crippen LogP contribution >= 0.6 is 0 Å². The highest BCUT2D eigenvalue weighted by atomic mass is 16.5. The number of piperidine rings is 1. The number of benzene rings is 1. The summed E-state index contributed by atoms with van der Waals surface area (Å²) in [4.78, 5) is 14.0. The molecule has 1 N–H and O–H groups in total. The monoisotopic (exact) mass is 319 g/mol. The molecular formula is C18H25NO4. The zero-order valence-electron chi connectivity index (χ0n) is 13.9. The quantitative estimate of drug-likeness (QED) is 0.904. The van der Waals surface area contributed by atoms with Crippen LogP contribution in [0.5, 0.6) is 11.5 Å². The molecule has 5 heteroatoms. The highest BCUT2D eigenvalue weighted by Gasteiger charge is 2.46. The van der Waals surface area contributed by atoms with Gasteiger partial charge in [0, 0.05) is 13.1 Å². The fourth-order valence-electron chi connectivity index (χ4n) is 3.50. The molecule has 1 aromatic carbocycles. The normalized spacial score (nSPS) is 21.5. The smallest absolute Gasteiger partial charge is 0.314 e. The first-order valence-electron chi connectivity index (χ1n) is 8.32. The molecular weight excluding hydrogens is 294 g/mol. The van der Waals surface area contributed by atoms with E-state index < -0.39 is 11.4 Å². The predicted molar refractivity (Wildman–Crippen MR) is 87.3 cm³/mol. The summed E-state index contributed by atoms with van der Waals surface area (Å²) in [5, 5.41) is 9.58. The molecule has 1 aromatic rings. The number of aliphatic carboxylic acids is 1. The van der Waals surface area contributed by atoms with Crippen LogP contribution in [0.3, 0.4) is 0 Å². The highest BCUT2D eigenvalue weighted by Crippen LogP contribution is 2.46. The molecule has 1 aliphatic heterocycles. The summed E-state index contributed by atoms with van der Waals surface area (Å²) in [5.74, 6) is 0.606. The number of carboxylic acids is 1. The molecule has 0 unspecified atom stereocenters. The van der Waals surface area contributed by atoms with Gasteiger partial charge >= 0.3 is 5.97 Å². The van der Waals surface area contributed by atoms with E-state index in [4.69, 9.17) is 9.47 Å². The van der Waals surface area contributed by atoms with Crippen molar-refractivity contribution in [2.45, 2.75) is 43.6 Å². The zero-order chi connectivity index (χ0) is 16.4. The molecule has 23 heavy (non-hydrogen) atoms. The Morgan fingerprint density at radius 2 is 1.96 bits per heavy atom. The van der Waals surface area contributed by atoms with Crippen molar-refractivity contribution in [3.05, 3.63) is 23.8 Å². The summed E-state index contributed by atoms with van der Waals surface area (Å²) in [7, 11) is 3.73. The molecule has 5 nitrogen and oxygen atoms in total. The topological polar surface area (TPSA) is 59.0 Å². The molecule has 0 atom stereocenters. The first-order chi connectivity index (χ1) is 11.0. The first kappa shape index (κ1) is 16.1. The second kappa shape index (κ2) is 6.40. The van der Waals surface area contributed by atoms with Gasteiger partial charge in [-0.2, -0.15) is 0 Å². The van der Waals surface area contributed by atoms with Crippen molar-refractivity contribution in [3.63, 3.8) is 0 Å². The average Bonchev–Trinajstić information content (AvgIpc) is 2.49. The van der Waals surface area contributed by atoms with Crippen LogP contribution in [0, 0.1) is 0 Å². The van der Waals surface area contributed by atoms with Crippen molar-refractivity contribution >= 4 is 5.97 Å². The Hall–Kier alpha value is -1.75. The van der Waals surface area contributed by atoms with E-state index in [0.717, 1.165) is 37.9 Å². The Labute approximate surface area is 137 Å². The third-order valence-electron chi connectivity index (χ3n) is 5.29. The van der Waals surface area contributed by atoms with E-state index >= 15 is 0 Å². The molecule has 1 aliphatic carbocycles. The Balaban J connectivity index is 1.79. The number of rotatable bonds is 5. The van der Waals surface area contributed by atoms with Gasteiger partial charge in [-0.15, -0.1) is 0 Å². The number of likely N-dealkylation sites (tertiary alicyclic amines) is 1. The number of ether oxygens (including phenoxy) is 2. The van der Waals surface area contributed by atoms with Crippen molar-refractivity contribution in [2.24, 2.45) is 0 Å². The van der Waals surface area contributed by atoms with Crippen LogP contribution < -0.4 is 9.47 Å². The standard InChI is InChI=1S/C18H25NO4/c1-19-10-6-14(7-11-19)23-15-5-4-13(12-16(15)22-2)18(17(20)21)8-3-9-18/h4-5,12,14H,3,6-11H2,1-2H3,(H,20,21). The van der Waals surface area contributed by atoms with Gasteiger partial charge in [-0.3, -0.25) is 4.79 Å². The van der Waals surface area contributed by atoms with E-state index in [2.05, 4.69) is 11.9 Å². The van der Waals surface area contributed by atoms with E-state index in [0.29, 0.717) is 24.3 Å². The van der Waals surface area contributed by atoms with Gasteiger partial charge in [-0.25, -0.2) is 0 Å². The maximum atomic E-state index is 11.7. The lowest BCUT2D eigenvalue weighted by molar-refractivity contribution is -0.147. The molecule has 0 spiro atoms. The van der Waals surface area contributed by atoms with Crippen LogP contribution in [0.15, 0.2) is 18.2 Å². The predicted octanol–water partition coefficient (Wildman–Crippen LogP) is 2.67. The fraction of sp³-hybridized carbons (Fsp3) is 0.611. The Morgan fingerprint density at radius 1 is 1.26 bits per heavy atom. The van der Waals surface area contributed by atoms with Crippen LogP contribution in [0.25, 0.3) is 0 Å². The minimum absolute atomic E-state index is 0.197. The van der Waals surface area contributed by atoms with Crippen molar-refractivity contribution in [1.82, 2.24) is 4.90 Å². The van der Waals surface area contributed by atoms with E-state index in [-0.39, 0.29) is 6.10 Å². The summed E-state index contributed by atoms with van der Waals surface area (Å²) in [6, 6.07) is 5.60. The number of nitrogens with zero attached hydrogens (tertiary/aromatic N) is 1. The summed E-state index contributed by atoms with van der Waals surface area (Å²) >= 11 is 0. The largest absolute Gasteiger partial charge is 0.493 e. The van der Waals surface area contributed by atoms with Crippen LogP contribution in [0.4, 0.5) is 0 Å². The van der Waals surface area contributed by atoms with E-state index in [9.17, 15) is 9.90 Å². The van der Waals surface area contributed by atoms with Gasteiger partial charge in [0.05, 0.1) is 12.5 Å². The van der Waals surface area contributed by atoms with Gasteiger partial charge in [-0.05, 0) is 50.4 Å². The van der Waals surface area contributed by atoms with Gasteiger partial charge in [0.1, 0.15) is 6.10 Å². The van der Waals surface area contributed by atoms with Crippen LogP contribution in [-0.2, 0) is 10.2 Å². The molecule has 1 heterocycles. The molecule has 1 saturated carbocycles. The summed E-state index contributed by atoms with van der Waals surface area (Å²) in [5.41, 5.74) is 0.0862. The number of hydrogen-bond acceptors (Lipinski definition) is 4. The Kier molecular flexibility index (Phi) is 4.48. The minimum Gasteiger partial charge on any atom is -0.493 e. The number of hydrogen-bond donors (Lipinski definition) is 1. The van der Waals surface area contributed by atoms with E-state index in [1.165, 1.54) is 0 Å². The van der Waals surface area contributed by atoms with Crippen LogP contribution in [0.1, 0.15) is 37.7 Å². The molecule has 0 bridgehead atoms. The van der Waals surface area contributed by atoms with Gasteiger partial charge in [0.15, 0.2) is 11.5 Å². The lowest BCUT2D eigenvalue weighted by atomic mass is 9.64. The number of carbonyl (C=O) groups is 1. The lowest BCUT2D eigenvalue weighted by Gasteiger charge is -2.38. The summed E-state index contributed by atoms with van der Waals surface area (Å²) in [6.07, 6.45) is 4.55. The third-order valence-corrected chi connectivity index (χ3v) is 5.29. The van der Waals surface area contributed by atoms with E-state index in [1.807, 2.05) is 18.2 Å². The molecule has 2 aliphatic rings. The second-order valence-electron chi connectivity index (χ2n) is 6.73. The lowest BCUT2D eigenvalue weighted by Crippen LogP contribution is -2.42. The maximum Gasteiger partial charge on any atom is 0.314 e. The summed E-state index contributed by atoms with van der Waals surface area (Å²) in [6.45, 7) is 2.07. The molecule has 3 rings (SSSR count). The molecule has 126 valence electrons. The van der Waals surface area contributed by atoms with Crippen molar-refractivity contribution in [2.75, 3.05) is 27.2 Å². The number of carboxylic acid groups (broad SMARTS) is 1. The molecule has 0 amide bonds. The van der Waals surface area contributed by atoms with E-state index in [1.54, 1.807) is 7.11 Å². The Morgan fingerprint density at radius 3 is 2.48 bits per heavy atom. The minimum atomic E-state index is -0.741. The van der Waals surface area contributed by atoms with Gasteiger partial charge in [-0.1, -0.05) is 12.5 Å². The van der Waals surface area contributed by atoms with Crippen LogP contribution in [-0.4, -0.2) is 49.3 Å². The molecule has 0 radical (unpaired) electrons. The first-order valence-corrected chi connectivity index (χ1v) is 8.32. The highest BCUT2D eigenvalue weighted by molar-refractivity contribution is 5.83. The third kappa shape index (κ3) is 3.02. The number of methoxy groups -OCH3 is 1. The van der Waals surface area contributed by atoms with Gasteiger partial charge < -0.3 is 19.5 Å². The average molecular weight is 319 g/mol. The second-order valence-corrected chi connectivity index (χ2v) is 6.73. The fourth-order valence-corrected chi connectivity index (χ4v) is 3.50.